The Labute approximate surface area is 146 Å². The molecule has 0 fully saturated rings. The number of rotatable bonds is 4. The maximum atomic E-state index is 11.3. The Morgan fingerprint density at radius 2 is 1.72 bits per heavy atom. The molecule has 0 atom stereocenters. The van der Waals surface area contributed by atoms with E-state index in [0.717, 1.165) is 16.8 Å². The van der Waals surface area contributed by atoms with Crippen LogP contribution in [-0.4, -0.2) is 17.3 Å². The van der Waals surface area contributed by atoms with Gasteiger partial charge in [-0.2, -0.15) is 0 Å². The Morgan fingerprint density at radius 1 is 0.960 bits per heavy atom. The lowest BCUT2D eigenvalue weighted by Gasteiger charge is -2.03. The van der Waals surface area contributed by atoms with Crippen LogP contribution in [0.3, 0.4) is 0 Å². The molecule has 0 saturated heterocycles. The first kappa shape index (κ1) is 16.7. The zero-order chi connectivity index (χ0) is 18.0. The lowest BCUT2D eigenvalue weighted by molar-refractivity contribution is 0.0696. The van der Waals surface area contributed by atoms with Crippen molar-refractivity contribution in [2.75, 3.05) is 0 Å². The molecule has 1 aromatic heterocycles. The van der Waals surface area contributed by atoms with Crippen molar-refractivity contribution in [2.45, 2.75) is 20.8 Å². The summed E-state index contributed by atoms with van der Waals surface area (Å²) in [7, 11) is 0. The van der Waals surface area contributed by atoms with E-state index < -0.39 is 5.97 Å². The summed E-state index contributed by atoms with van der Waals surface area (Å²) in [6.45, 7) is 5.89. The van der Waals surface area contributed by atoms with Gasteiger partial charge < -0.3 is 9.52 Å². The second-order valence-electron chi connectivity index (χ2n) is 6.06. The number of hydrogen-bond donors (Lipinski definition) is 1. The summed E-state index contributed by atoms with van der Waals surface area (Å²) in [5.41, 5.74) is 5.01. The van der Waals surface area contributed by atoms with E-state index in [1.165, 1.54) is 11.1 Å². The molecular formula is C21H19NO3. The molecule has 0 radical (unpaired) electrons. The molecule has 0 unspecified atom stereocenters. The van der Waals surface area contributed by atoms with Crippen LogP contribution in [0, 0.1) is 20.8 Å². The lowest BCUT2D eigenvalue weighted by Crippen LogP contribution is -1.99. The lowest BCUT2D eigenvalue weighted by atomic mass is 10.0. The van der Waals surface area contributed by atoms with Gasteiger partial charge in [0.25, 0.3) is 0 Å². The molecule has 0 bridgehead atoms. The van der Waals surface area contributed by atoms with Gasteiger partial charge in [0.2, 0.25) is 0 Å². The predicted molar refractivity (Wildman–Crippen MR) is 99.0 cm³/mol. The molecule has 3 rings (SSSR count). The summed E-state index contributed by atoms with van der Waals surface area (Å²) >= 11 is 0. The van der Waals surface area contributed by atoms with E-state index in [-0.39, 0.29) is 5.56 Å². The number of carboxylic acid groups (broad SMARTS) is 1. The zero-order valence-corrected chi connectivity index (χ0v) is 14.4. The van der Waals surface area contributed by atoms with Crippen molar-refractivity contribution < 1.29 is 14.3 Å². The van der Waals surface area contributed by atoms with Crippen LogP contribution in [0.15, 0.2) is 57.9 Å². The van der Waals surface area contributed by atoms with Gasteiger partial charge in [0.15, 0.2) is 0 Å². The first-order valence-electron chi connectivity index (χ1n) is 7.99. The number of aromatic carboxylic acids is 1. The van der Waals surface area contributed by atoms with E-state index in [2.05, 4.69) is 18.8 Å². The fourth-order valence-electron chi connectivity index (χ4n) is 2.53. The van der Waals surface area contributed by atoms with Crippen LogP contribution in [0.4, 0.5) is 5.69 Å². The standard InChI is InChI=1S/C21H19NO3/c1-13-5-7-17(10-15(13)3)22-12-18-8-9-20(25-18)16-6-4-14(2)19(11-16)21(23)24/h4-12H,1-3H3,(H,23,24). The number of nitrogens with zero attached hydrogens (tertiary/aromatic N) is 1. The summed E-state index contributed by atoms with van der Waals surface area (Å²) in [6.07, 6.45) is 1.67. The minimum absolute atomic E-state index is 0.277. The monoisotopic (exact) mass is 333 g/mol. The molecule has 0 aliphatic rings. The van der Waals surface area contributed by atoms with Crippen LogP contribution >= 0.6 is 0 Å². The van der Waals surface area contributed by atoms with Crippen LogP contribution in [-0.2, 0) is 0 Å². The van der Waals surface area contributed by atoms with Crippen LogP contribution in [0.1, 0.15) is 32.8 Å². The molecule has 2 aromatic carbocycles. The van der Waals surface area contributed by atoms with Crippen molar-refractivity contribution >= 4 is 17.9 Å². The van der Waals surface area contributed by atoms with Gasteiger partial charge in [-0.15, -0.1) is 0 Å². The minimum Gasteiger partial charge on any atom is -0.478 e. The van der Waals surface area contributed by atoms with Gasteiger partial charge in [0, 0.05) is 5.56 Å². The third-order valence-electron chi connectivity index (χ3n) is 4.21. The Kier molecular flexibility index (Phi) is 4.52. The average Bonchev–Trinajstić information content (AvgIpc) is 3.05. The number of hydrogen-bond acceptors (Lipinski definition) is 3. The van der Waals surface area contributed by atoms with Crippen molar-refractivity contribution in [1.82, 2.24) is 0 Å². The maximum Gasteiger partial charge on any atom is 0.335 e. The summed E-state index contributed by atoms with van der Waals surface area (Å²) in [6, 6.07) is 14.9. The van der Waals surface area contributed by atoms with Gasteiger partial charge >= 0.3 is 5.97 Å². The highest BCUT2D eigenvalue weighted by atomic mass is 16.4. The molecule has 0 aliphatic carbocycles. The quantitative estimate of drug-likeness (QED) is 0.657. The summed E-state index contributed by atoms with van der Waals surface area (Å²) in [5, 5.41) is 9.24. The molecule has 0 saturated carbocycles. The molecule has 1 N–H and O–H groups in total. The van der Waals surface area contributed by atoms with E-state index in [0.29, 0.717) is 11.5 Å². The third kappa shape index (κ3) is 3.69. The fourth-order valence-corrected chi connectivity index (χ4v) is 2.53. The third-order valence-corrected chi connectivity index (χ3v) is 4.21. The van der Waals surface area contributed by atoms with Crippen molar-refractivity contribution in [2.24, 2.45) is 4.99 Å². The average molecular weight is 333 g/mol. The second kappa shape index (κ2) is 6.77. The second-order valence-corrected chi connectivity index (χ2v) is 6.06. The van der Waals surface area contributed by atoms with Crippen molar-refractivity contribution in [3.63, 3.8) is 0 Å². The number of carbonyl (C=O) groups is 1. The predicted octanol–water partition coefficient (Wildman–Crippen LogP) is 5.32. The van der Waals surface area contributed by atoms with Gasteiger partial charge in [-0.1, -0.05) is 18.2 Å². The largest absolute Gasteiger partial charge is 0.478 e. The number of carboxylic acids is 1. The van der Waals surface area contributed by atoms with Crippen LogP contribution in [0.5, 0.6) is 0 Å². The topological polar surface area (TPSA) is 62.8 Å². The van der Waals surface area contributed by atoms with Crippen LogP contribution in [0.2, 0.25) is 0 Å². The van der Waals surface area contributed by atoms with E-state index in [9.17, 15) is 9.90 Å². The van der Waals surface area contributed by atoms with Crippen molar-refractivity contribution in [1.29, 1.82) is 0 Å². The molecule has 126 valence electrons. The molecule has 1 heterocycles. The smallest absolute Gasteiger partial charge is 0.335 e. The Balaban J connectivity index is 1.85. The molecule has 0 aliphatic heterocycles. The van der Waals surface area contributed by atoms with E-state index >= 15 is 0 Å². The molecule has 4 heteroatoms. The van der Waals surface area contributed by atoms with Crippen molar-refractivity contribution in [3.8, 4) is 11.3 Å². The molecule has 4 nitrogen and oxygen atoms in total. The zero-order valence-electron chi connectivity index (χ0n) is 14.4. The number of furan rings is 1. The highest BCUT2D eigenvalue weighted by Gasteiger charge is 2.11. The first-order chi connectivity index (χ1) is 11.9. The normalized spacial score (nSPS) is 11.2. The van der Waals surface area contributed by atoms with E-state index in [1.807, 2.05) is 36.4 Å². The summed E-state index contributed by atoms with van der Waals surface area (Å²) in [5.74, 6) is 0.289. The fraction of sp³-hybridized carbons (Fsp3) is 0.143. The van der Waals surface area contributed by atoms with Crippen LogP contribution in [0.25, 0.3) is 11.3 Å². The van der Waals surface area contributed by atoms with E-state index in [1.54, 1.807) is 25.3 Å². The SMILES string of the molecule is Cc1ccc(N=Cc2ccc(-c3ccc(C)c(C(=O)O)c3)o2)cc1C. The number of aryl methyl sites for hydroxylation is 3. The summed E-state index contributed by atoms with van der Waals surface area (Å²) in [4.78, 5) is 15.7. The Hall–Kier alpha value is -3.14. The van der Waals surface area contributed by atoms with Crippen LogP contribution < -0.4 is 0 Å². The number of aliphatic imine (C=N–C) groups is 1. The Morgan fingerprint density at radius 3 is 2.44 bits per heavy atom. The first-order valence-corrected chi connectivity index (χ1v) is 7.99. The van der Waals surface area contributed by atoms with E-state index in [4.69, 9.17) is 4.42 Å². The molecule has 25 heavy (non-hydrogen) atoms. The van der Waals surface area contributed by atoms with Crippen molar-refractivity contribution in [3.05, 3.63) is 76.5 Å². The summed E-state index contributed by atoms with van der Waals surface area (Å²) < 4.78 is 5.78. The Bertz CT molecular complexity index is 967. The molecule has 0 spiro atoms. The number of benzene rings is 2. The highest BCUT2D eigenvalue weighted by molar-refractivity contribution is 5.91. The molecule has 3 aromatic rings. The van der Waals surface area contributed by atoms with Gasteiger partial charge in [-0.05, 0) is 67.8 Å². The maximum absolute atomic E-state index is 11.3. The van der Waals surface area contributed by atoms with Gasteiger partial charge in [0.1, 0.15) is 11.5 Å². The molecule has 0 amide bonds. The van der Waals surface area contributed by atoms with Gasteiger partial charge in [0.05, 0.1) is 17.5 Å². The molecular weight excluding hydrogens is 314 g/mol. The van der Waals surface area contributed by atoms with Gasteiger partial charge in [-0.3, -0.25) is 4.99 Å². The minimum atomic E-state index is -0.942. The highest BCUT2D eigenvalue weighted by Crippen LogP contribution is 2.25. The van der Waals surface area contributed by atoms with Gasteiger partial charge in [-0.25, -0.2) is 4.79 Å².